The van der Waals surface area contributed by atoms with Gasteiger partial charge in [-0.1, -0.05) is 201 Å². The first-order valence-electron chi connectivity index (χ1n) is 21.8. The Labute approximate surface area is 380 Å². The van der Waals surface area contributed by atoms with Gasteiger partial charge in [0.15, 0.2) is 0 Å². The van der Waals surface area contributed by atoms with Crippen LogP contribution in [0.1, 0.15) is 22.3 Å². The third kappa shape index (κ3) is 8.17. The van der Waals surface area contributed by atoms with E-state index >= 15 is 0 Å². The minimum Gasteiger partial charge on any atom is -0.398 e. The Morgan fingerprint density at radius 3 is 1.66 bits per heavy atom. The maximum Gasteiger partial charge on any atom is 0.0632 e. The van der Waals surface area contributed by atoms with Crippen molar-refractivity contribution < 1.29 is 0 Å². The van der Waals surface area contributed by atoms with Gasteiger partial charge in [0.2, 0.25) is 0 Å². The largest absolute Gasteiger partial charge is 0.398 e. The minimum atomic E-state index is 0.423. The zero-order valence-corrected chi connectivity index (χ0v) is 36.7. The van der Waals surface area contributed by atoms with E-state index in [1.807, 2.05) is 91.0 Å². The summed E-state index contributed by atoms with van der Waals surface area (Å²) in [5.74, 6) is 0. The molecule has 2 heterocycles. The normalized spacial score (nSPS) is 11.7. The molecule has 2 aromatic heterocycles. The summed E-state index contributed by atoms with van der Waals surface area (Å²) in [6.45, 7) is 9.91. The second-order valence-corrected chi connectivity index (χ2v) is 16.1. The number of fused-ring (bicyclic) bond motifs is 11. The van der Waals surface area contributed by atoms with Gasteiger partial charge in [-0.15, -0.1) is 0 Å². The van der Waals surface area contributed by atoms with Gasteiger partial charge in [-0.2, -0.15) is 0 Å². The maximum absolute atomic E-state index is 7.95. The number of aryl methyl sites for hydroxylation is 2. The van der Waals surface area contributed by atoms with Crippen LogP contribution in [0.15, 0.2) is 238 Å². The van der Waals surface area contributed by atoms with E-state index in [0.717, 1.165) is 28.0 Å². The Morgan fingerprint density at radius 1 is 0.492 bits per heavy atom. The highest BCUT2D eigenvalue weighted by molar-refractivity contribution is 6.32. The van der Waals surface area contributed by atoms with Gasteiger partial charge in [0.05, 0.1) is 16.7 Å². The van der Waals surface area contributed by atoms with Gasteiger partial charge >= 0.3 is 0 Å². The Hall–Kier alpha value is -8.47. The fourth-order valence-corrected chi connectivity index (χ4v) is 8.94. The number of hydrogen-bond acceptors (Lipinski definition) is 2. The molecule has 0 atom stereocenters. The predicted octanol–water partition coefficient (Wildman–Crippen LogP) is 15.5. The van der Waals surface area contributed by atoms with Crippen molar-refractivity contribution in [2.75, 3.05) is 0 Å². The fraction of sp³-hybridized carbons (Fsp3) is 0.0328. The monoisotopic (exact) mass is 838 g/mol. The molecule has 9 aromatic carbocycles. The number of hydrogen-bond donors (Lipinski definition) is 2. The lowest BCUT2D eigenvalue weighted by molar-refractivity contribution is 1.01. The van der Waals surface area contributed by atoms with Gasteiger partial charge in [0.1, 0.15) is 0 Å². The topological polar surface area (TPSA) is 59.7 Å². The van der Waals surface area contributed by atoms with Crippen LogP contribution in [0.3, 0.4) is 0 Å². The van der Waals surface area contributed by atoms with Crippen LogP contribution >= 0.6 is 0 Å². The lowest BCUT2D eigenvalue weighted by Gasteiger charge is -2.11. The molecule has 4 heteroatoms. The van der Waals surface area contributed by atoms with Gasteiger partial charge in [-0.25, -0.2) is 0 Å². The second kappa shape index (κ2) is 18.5. The molecular formula is C61H50N4. The van der Waals surface area contributed by atoms with Crippen molar-refractivity contribution in [1.29, 1.82) is 5.41 Å². The summed E-state index contributed by atoms with van der Waals surface area (Å²) in [6, 6.07) is 69.5. The predicted molar refractivity (Wildman–Crippen MR) is 281 cm³/mol. The van der Waals surface area contributed by atoms with Crippen molar-refractivity contribution >= 4 is 82.1 Å². The lowest BCUT2D eigenvalue weighted by Crippen LogP contribution is -2.02. The van der Waals surface area contributed by atoms with E-state index < -0.39 is 0 Å². The summed E-state index contributed by atoms with van der Waals surface area (Å²) < 4.78 is 4.71. The van der Waals surface area contributed by atoms with Crippen molar-refractivity contribution in [3.8, 4) is 5.69 Å². The number of allylic oxidation sites excluding steroid dienone is 5. The quantitative estimate of drug-likeness (QED) is 0.0937. The Bertz CT molecular complexity index is 3590. The summed E-state index contributed by atoms with van der Waals surface area (Å²) in [5, 5.41) is 18.3. The minimum absolute atomic E-state index is 0.423. The first-order chi connectivity index (χ1) is 31.9. The average Bonchev–Trinajstić information content (AvgIpc) is 3.86. The van der Waals surface area contributed by atoms with E-state index in [1.54, 1.807) is 12.2 Å². The van der Waals surface area contributed by atoms with Crippen LogP contribution in [0.4, 0.5) is 0 Å². The Kier molecular flexibility index (Phi) is 11.9. The molecule has 0 bridgehead atoms. The van der Waals surface area contributed by atoms with Crippen LogP contribution in [0.25, 0.3) is 82.1 Å². The number of aromatic nitrogens is 2. The van der Waals surface area contributed by atoms with Crippen LogP contribution in [0.5, 0.6) is 0 Å². The zero-order valence-electron chi connectivity index (χ0n) is 36.7. The molecule has 11 rings (SSSR count). The van der Waals surface area contributed by atoms with E-state index in [1.165, 1.54) is 70.7 Å². The van der Waals surface area contributed by atoms with Crippen LogP contribution in [-0.2, 0) is 7.05 Å². The van der Waals surface area contributed by atoms with Gasteiger partial charge in [0, 0.05) is 51.0 Å². The number of benzene rings is 9. The highest BCUT2D eigenvalue weighted by atomic mass is 15.0. The average molecular weight is 839 g/mol. The highest BCUT2D eigenvalue weighted by Crippen LogP contribution is 2.43. The summed E-state index contributed by atoms with van der Waals surface area (Å²) in [5.41, 5.74) is 18.4. The number of rotatable bonds is 7. The second-order valence-electron chi connectivity index (χ2n) is 16.1. The lowest BCUT2D eigenvalue weighted by atomic mass is 9.95. The third-order valence-corrected chi connectivity index (χ3v) is 12.1. The van der Waals surface area contributed by atoms with E-state index in [0.29, 0.717) is 11.4 Å². The third-order valence-electron chi connectivity index (χ3n) is 12.1. The van der Waals surface area contributed by atoms with Crippen molar-refractivity contribution in [1.82, 2.24) is 9.13 Å². The molecule has 0 aliphatic heterocycles. The van der Waals surface area contributed by atoms with Crippen LogP contribution in [0, 0.1) is 12.3 Å². The molecule has 11 aromatic rings. The van der Waals surface area contributed by atoms with Crippen molar-refractivity contribution in [3.63, 3.8) is 0 Å². The standard InChI is InChI=1S/C39H28N2.C15H14N2.C7H8/c1-4-10-25(5-2)26-15-19-28(20-16-26)41-34-14-9-7-12-32(34)39-36(41)23-18-27-17-21-30-29(37(27)39)22-24-35-38(30)31-11-6-8-13-33(31)40(35)3;16-14(12-7-3-1-4-8-12)11-15(17)13-9-5-2-6-10-13;1-7-5-3-2-4-6-7/h4-24H,1-2H2,3H3;1-11,16H,17H2;2-6H,1H3/b25-10+;15-11-,16-14?;. The van der Waals surface area contributed by atoms with Crippen LogP contribution < -0.4 is 5.73 Å². The molecule has 0 saturated heterocycles. The van der Waals surface area contributed by atoms with E-state index in [9.17, 15) is 0 Å². The first-order valence-corrected chi connectivity index (χ1v) is 21.8. The Morgan fingerprint density at radius 2 is 1.03 bits per heavy atom. The summed E-state index contributed by atoms with van der Waals surface area (Å²) in [4.78, 5) is 0. The van der Waals surface area contributed by atoms with Crippen molar-refractivity contribution in [2.24, 2.45) is 12.8 Å². The number of nitrogens with zero attached hydrogens (tertiary/aromatic N) is 2. The molecule has 4 nitrogen and oxygen atoms in total. The Balaban J connectivity index is 0.000000182. The molecule has 65 heavy (non-hydrogen) atoms. The smallest absolute Gasteiger partial charge is 0.0632 e. The maximum atomic E-state index is 7.95. The highest BCUT2D eigenvalue weighted by Gasteiger charge is 2.18. The molecule has 0 radical (unpaired) electrons. The summed E-state index contributed by atoms with van der Waals surface area (Å²) in [7, 11) is 2.17. The van der Waals surface area contributed by atoms with Gasteiger partial charge in [-0.05, 0) is 93.2 Å². The van der Waals surface area contributed by atoms with E-state index in [4.69, 9.17) is 11.1 Å². The van der Waals surface area contributed by atoms with Crippen LogP contribution in [0.2, 0.25) is 0 Å². The zero-order chi connectivity index (χ0) is 44.9. The molecule has 0 amide bonds. The molecule has 0 saturated carbocycles. The molecule has 0 fully saturated rings. The molecule has 0 aliphatic carbocycles. The van der Waals surface area contributed by atoms with E-state index in [2.05, 4.69) is 158 Å². The van der Waals surface area contributed by atoms with Gasteiger partial charge < -0.3 is 20.3 Å². The number of nitrogens with two attached hydrogens (primary N) is 1. The number of para-hydroxylation sites is 2. The summed E-state index contributed by atoms with van der Waals surface area (Å²) >= 11 is 0. The molecule has 0 aliphatic rings. The van der Waals surface area contributed by atoms with Crippen molar-refractivity contribution in [2.45, 2.75) is 6.92 Å². The SMILES string of the molecule is C=C/C=C(\C=C)c1ccc(-n2c3ccccc3c3c4c(ccc5c4ccc4c5c5ccccc5n4C)ccc32)cc1.Cc1ccccc1.N=C(/C=C(\N)c1ccccc1)c1ccccc1. The summed E-state index contributed by atoms with van der Waals surface area (Å²) in [6.07, 6.45) is 7.36. The fourth-order valence-electron chi connectivity index (χ4n) is 8.94. The van der Waals surface area contributed by atoms with Crippen LogP contribution in [-0.4, -0.2) is 14.8 Å². The van der Waals surface area contributed by atoms with E-state index in [-0.39, 0.29) is 0 Å². The molecule has 3 N–H and O–H groups in total. The first kappa shape index (κ1) is 41.9. The van der Waals surface area contributed by atoms with Gasteiger partial charge in [-0.3, -0.25) is 0 Å². The molecule has 0 unspecified atom stereocenters. The molecule has 0 spiro atoms. The van der Waals surface area contributed by atoms with Crippen molar-refractivity contribution in [3.05, 3.63) is 260 Å². The number of nitrogens with one attached hydrogen (secondary N) is 1. The van der Waals surface area contributed by atoms with Gasteiger partial charge in [0.25, 0.3) is 0 Å². The molecular weight excluding hydrogens is 789 g/mol. The molecule has 314 valence electrons.